The molecule has 1 aromatic carbocycles. The lowest BCUT2D eigenvalue weighted by Crippen LogP contribution is -2.47. The molecule has 1 amide bonds. The minimum Gasteiger partial charge on any atom is -0.389 e. The van der Waals surface area contributed by atoms with Crippen LogP contribution in [0.3, 0.4) is 0 Å². The van der Waals surface area contributed by atoms with Crippen molar-refractivity contribution < 1.29 is 9.90 Å². The van der Waals surface area contributed by atoms with Crippen molar-refractivity contribution in [2.45, 2.75) is 70.2 Å². The van der Waals surface area contributed by atoms with Crippen LogP contribution >= 0.6 is 0 Å². The fourth-order valence-corrected chi connectivity index (χ4v) is 5.08. The molecule has 6 heteroatoms. The van der Waals surface area contributed by atoms with Gasteiger partial charge in [-0.25, -0.2) is 4.98 Å². The molecule has 30 heavy (non-hydrogen) atoms. The van der Waals surface area contributed by atoms with Crippen molar-refractivity contribution in [2.24, 2.45) is 0 Å². The number of aliphatic hydroxyl groups is 1. The van der Waals surface area contributed by atoms with E-state index in [9.17, 15) is 9.90 Å². The van der Waals surface area contributed by atoms with Gasteiger partial charge in [-0.3, -0.25) is 9.69 Å². The summed E-state index contributed by atoms with van der Waals surface area (Å²) in [5.41, 5.74) is 1.94. The molecule has 2 aromatic rings. The van der Waals surface area contributed by atoms with Gasteiger partial charge in [-0.2, -0.15) is 0 Å². The van der Waals surface area contributed by atoms with E-state index in [1.807, 2.05) is 32.3 Å². The second-order valence-corrected chi connectivity index (χ2v) is 8.89. The van der Waals surface area contributed by atoms with E-state index >= 15 is 0 Å². The Kier molecular flexibility index (Phi) is 6.54. The Bertz CT molecular complexity index is 841. The molecule has 2 heterocycles. The van der Waals surface area contributed by atoms with Gasteiger partial charge >= 0.3 is 0 Å². The minimum absolute atomic E-state index is 0.0187. The maximum absolute atomic E-state index is 13.2. The van der Waals surface area contributed by atoms with Crippen LogP contribution in [-0.4, -0.2) is 62.6 Å². The van der Waals surface area contributed by atoms with E-state index < -0.39 is 6.10 Å². The van der Waals surface area contributed by atoms with Crippen molar-refractivity contribution in [2.75, 3.05) is 20.1 Å². The molecule has 0 unspecified atom stereocenters. The third-order valence-electron chi connectivity index (χ3n) is 6.88. The molecule has 0 bridgehead atoms. The highest BCUT2D eigenvalue weighted by atomic mass is 16.3. The maximum Gasteiger partial charge on any atom is 0.253 e. The normalized spacial score (nSPS) is 25.2. The molecule has 1 saturated heterocycles. The van der Waals surface area contributed by atoms with Gasteiger partial charge in [0, 0.05) is 31.5 Å². The van der Waals surface area contributed by atoms with Crippen LogP contribution in [0.25, 0.3) is 0 Å². The Hall–Kier alpha value is -2.18. The van der Waals surface area contributed by atoms with Crippen LogP contribution in [0.5, 0.6) is 0 Å². The second-order valence-electron chi connectivity index (χ2n) is 8.89. The fraction of sp³-hybridized carbons (Fsp3) is 0.583. The van der Waals surface area contributed by atoms with Gasteiger partial charge in [-0.05, 0) is 63.4 Å². The molecular formula is C24H34N4O2. The van der Waals surface area contributed by atoms with Crippen molar-refractivity contribution >= 4 is 5.91 Å². The SMILES string of the molecule is Cc1nccn1[C@@H]1CCCC[C@@H](N(C)C(=O)c2ccc(CN3CCCC3)cc2)[C@H]1O. The summed E-state index contributed by atoms with van der Waals surface area (Å²) in [7, 11) is 1.83. The summed E-state index contributed by atoms with van der Waals surface area (Å²) in [6.45, 7) is 5.25. The van der Waals surface area contributed by atoms with Crippen LogP contribution < -0.4 is 0 Å². The van der Waals surface area contributed by atoms with Crippen LogP contribution in [0, 0.1) is 6.92 Å². The first kappa shape index (κ1) is 21.1. The number of aliphatic hydroxyl groups excluding tert-OH is 1. The molecule has 2 fully saturated rings. The molecule has 6 nitrogen and oxygen atoms in total. The van der Waals surface area contributed by atoms with E-state index in [1.54, 1.807) is 11.1 Å². The number of carbonyl (C=O) groups excluding carboxylic acids is 1. The molecule has 162 valence electrons. The van der Waals surface area contributed by atoms with E-state index in [0.29, 0.717) is 5.56 Å². The van der Waals surface area contributed by atoms with Crippen LogP contribution in [0.2, 0.25) is 0 Å². The highest BCUT2D eigenvalue weighted by Crippen LogP contribution is 2.31. The quantitative estimate of drug-likeness (QED) is 0.768. The van der Waals surface area contributed by atoms with Crippen LogP contribution in [-0.2, 0) is 6.54 Å². The molecule has 0 spiro atoms. The third-order valence-corrected chi connectivity index (χ3v) is 6.88. The monoisotopic (exact) mass is 410 g/mol. The van der Waals surface area contributed by atoms with E-state index in [0.717, 1.165) is 38.1 Å². The number of amides is 1. The molecule has 1 saturated carbocycles. The number of likely N-dealkylation sites (N-methyl/N-ethyl adjacent to an activating group) is 1. The number of imidazole rings is 1. The van der Waals surface area contributed by atoms with Crippen molar-refractivity contribution in [1.29, 1.82) is 0 Å². The first-order valence-electron chi connectivity index (χ1n) is 11.3. The first-order chi connectivity index (χ1) is 14.5. The minimum atomic E-state index is -0.608. The summed E-state index contributed by atoms with van der Waals surface area (Å²) < 4.78 is 2.06. The summed E-state index contributed by atoms with van der Waals surface area (Å²) in [6.07, 6.45) is 9.45. The van der Waals surface area contributed by atoms with Gasteiger partial charge < -0.3 is 14.6 Å². The number of nitrogens with zero attached hydrogens (tertiary/aromatic N) is 4. The summed E-state index contributed by atoms with van der Waals surface area (Å²) in [6, 6.07) is 7.77. The number of aryl methyl sites for hydroxylation is 1. The maximum atomic E-state index is 13.2. The number of hydrogen-bond donors (Lipinski definition) is 1. The summed E-state index contributed by atoms with van der Waals surface area (Å²) in [4.78, 5) is 21.7. The van der Waals surface area contributed by atoms with E-state index in [1.165, 1.54) is 31.5 Å². The Morgan fingerprint density at radius 2 is 1.83 bits per heavy atom. The van der Waals surface area contributed by atoms with E-state index in [-0.39, 0.29) is 18.0 Å². The van der Waals surface area contributed by atoms with Crippen LogP contribution in [0.4, 0.5) is 0 Å². The first-order valence-corrected chi connectivity index (χ1v) is 11.3. The number of likely N-dealkylation sites (tertiary alicyclic amines) is 1. The zero-order chi connectivity index (χ0) is 21.1. The lowest BCUT2D eigenvalue weighted by Gasteiger charge is -2.35. The summed E-state index contributed by atoms with van der Waals surface area (Å²) in [5, 5.41) is 11.2. The van der Waals surface area contributed by atoms with Crippen LogP contribution in [0.15, 0.2) is 36.7 Å². The van der Waals surface area contributed by atoms with E-state index in [2.05, 4.69) is 26.6 Å². The molecule has 1 aromatic heterocycles. The Morgan fingerprint density at radius 1 is 1.13 bits per heavy atom. The van der Waals surface area contributed by atoms with Crippen molar-refractivity contribution in [3.05, 3.63) is 53.6 Å². The largest absolute Gasteiger partial charge is 0.389 e. The number of aromatic nitrogens is 2. The molecule has 0 radical (unpaired) electrons. The predicted octanol–water partition coefficient (Wildman–Crippen LogP) is 3.40. The van der Waals surface area contributed by atoms with Gasteiger partial charge in [0.05, 0.1) is 18.2 Å². The van der Waals surface area contributed by atoms with Crippen molar-refractivity contribution in [1.82, 2.24) is 19.4 Å². The molecule has 1 aliphatic heterocycles. The molecule has 3 atom stereocenters. The lowest BCUT2D eigenvalue weighted by atomic mass is 9.99. The van der Waals surface area contributed by atoms with Crippen molar-refractivity contribution in [3.8, 4) is 0 Å². The predicted molar refractivity (Wildman–Crippen MR) is 117 cm³/mol. The Labute approximate surface area is 179 Å². The molecule has 1 aliphatic carbocycles. The highest BCUT2D eigenvalue weighted by Gasteiger charge is 2.36. The number of benzene rings is 1. The fourth-order valence-electron chi connectivity index (χ4n) is 5.08. The number of hydrogen-bond acceptors (Lipinski definition) is 4. The molecule has 1 N–H and O–H groups in total. The van der Waals surface area contributed by atoms with Gasteiger partial charge in [-0.1, -0.05) is 25.0 Å². The van der Waals surface area contributed by atoms with Gasteiger partial charge in [0.25, 0.3) is 5.91 Å². The van der Waals surface area contributed by atoms with E-state index in [4.69, 9.17) is 0 Å². The zero-order valence-electron chi connectivity index (χ0n) is 18.2. The van der Waals surface area contributed by atoms with Gasteiger partial charge in [0.2, 0.25) is 0 Å². The van der Waals surface area contributed by atoms with Gasteiger partial charge in [0.1, 0.15) is 5.82 Å². The highest BCUT2D eigenvalue weighted by molar-refractivity contribution is 5.94. The Balaban J connectivity index is 1.46. The molecule has 4 rings (SSSR count). The topological polar surface area (TPSA) is 61.6 Å². The average molecular weight is 411 g/mol. The van der Waals surface area contributed by atoms with Gasteiger partial charge in [-0.15, -0.1) is 0 Å². The second kappa shape index (κ2) is 9.31. The smallest absolute Gasteiger partial charge is 0.253 e. The molecule has 2 aliphatic rings. The summed E-state index contributed by atoms with van der Waals surface area (Å²) >= 11 is 0. The van der Waals surface area contributed by atoms with Gasteiger partial charge in [0.15, 0.2) is 0 Å². The zero-order valence-corrected chi connectivity index (χ0v) is 18.2. The average Bonchev–Trinajstić information content (AvgIpc) is 3.38. The number of rotatable bonds is 5. The Morgan fingerprint density at radius 3 is 2.50 bits per heavy atom. The lowest BCUT2D eigenvalue weighted by molar-refractivity contribution is 0.0225. The molecular weight excluding hydrogens is 376 g/mol. The number of carbonyl (C=O) groups is 1. The summed E-state index contributed by atoms with van der Waals surface area (Å²) in [5.74, 6) is 0.886. The van der Waals surface area contributed by atoms with Crippen LogP contribution in [0.1, 0.15) is 66.3 Å². The standard InChI is InChI=1S/C24H34N4O2/c1-18-25-13-16-28(18)22-8-4-3-7-21(23(22)29)26(2)24(30)20-11-9-19(10-12-20)17-27-14-5-6-15-27/h9-13,16,21-23,29H,3-8,14-15,17H2,1-2H3/t21-,22-,23-/m1/s1. The van der Waals surface area contributed by atoms with Crippen molar-refractivity contribution in [3.63, 3.8) is 0 Å². The third kappa shape index (κ3) is 4.44.